The van der Waals surface area contributed by atoms with Crippen molar-refractivity contribution in [2.45, 2.75) is 0 Å². The molecule has 0 bridgehead atoms. The molecular formula is C96H60N2O2. The molecule has 0 aliphatic heterocycles. The van der Waals surface area contributed by atoms with E-state index in [0.717, 1.165) is 122 Å². The second-order valence-electron chi connectivity index (χ2n) is 26.3. The summed E-state index contributed by atoms with van der Waals surface area (Å²) in [6.07, 6.45) is 0. The Kier molecular flexibility index (Phi) is 13.2. The Morgan fingerprint density at radius 3 is 1.07 bits per heavy atom. The molecule has 16 aromatic carbocycles. The van der Waals surface area contributed by atoms with Crippen LogP contribution >= 0.6 is 0 Å². The number of hydrogen-bond acceptors (Lipinski definition) is 2. The topological polar surface area (TPSA) is 36.1 Å². The average Bonchev–Trinajstić information content (AvgIpc) is 1.58. The van der Waals surface area contributed by atoms with Gasteiger partial charge in [-0.1, -0.05) is 249 Å². The molecule has 4 aromatic heterocycles. The molecule has 466 valence electrons. The molecule has 20 rings (SSSR count). The van der Waals surface area contributed by atoms with E-state index in [0.29, 0.717) is 0 Å². The van der Waals surface area contributed by atoms with Gasteiger partial charge >= 0.3 is 0 Å². The lowest BCUT2D eigenvalue weighted by Crippen LogP contribution is -1.94. The summed E-state index contributed by atoms with van der Waals surface area (Å²) in [6, 6.07) is 132. The zero-order valence-electron chi connectivity index (χ0n) is 54.4. The van der Waals surface area contributed by atoms with Gasteiger partial charge in [-0.2, -0.15) is 0 Å². The van der Waals surface area contributed by atoms with Crippen molar-refractivity contribution in [3.05, 3.63) is 364 Å². The summed E-state index contributed by atoms with van der Waals surface area (Å²) in [5.41, 5.74) is 31.2. The van der Waals surface area contributed by atoms with Crippen LogP contribution in [0.3, 0.4) is 0 Å². The van der Waals surface area contributed by atoms with Crippen LogP contribution in [0.5, 0.6) is 0 Å². The Morgan fingerprint density at radius 2 is 0.520 bits per heavy atom. The molecule has 4 heteroatoms. The van der Waals surface area contributed by atoms with Gasteiger partial charge in [0.05, 0.1) is 27.8 Å². The third-order valence-electron chi connectivity index (χ3n) is 20.5. The van der Waals surface area contributed by atoms with Crippen LogP contribution < -0.4 is 0 Å². The highest BCUT2D eigenvalue weighted by Crippen LogP contribution is 2.45. The van der Waals surface area contributed by atoms with Crippen LogP contribution in [0, 0.1) is 0 Å². The molecule has 0 saturated carbocycles. The highest BCUT2D eigenvalue weighted by molar-refractivity contribution is 6.15. The van der Waals surface area contributed by atoms with E-state index < -0.39 is 0 Å². The van der Waals surface area contributed by atoms with Crippen molar-refractivity contribution in [3.63, 3.8) is 0 Å². The van der Waals surface area contributed by atoms with Crippen molar-refractivity contribution in [2.24, 2.45) is 0 Å². The van der Waals surface area contributed by atoms with Crippen molar-refractivity contribution in [1.82, 2.24) is 9.13 Å². The van der Waals surface area contributed by atoms with Gasteiger partial charge < -0.3 is 18.0 Å². The second kappa shape index (κ2) is 23.2. The monoisotopic (exact) mass is 1270 g/mol. The summed E-state index contributed by atoms with van der Waals surface area (Å²) < 4.78 is 18.4. The molecule has 0 amide bonds. The van der Waals surface area contributed by atoms with E-state index in [9.17, 15) is 0 Å². The summed E-state index contributed by atoms with van der Waals surface area (Å²) in [4.78, 5) is 0. The largest absolute Gasteiger partial charge is 0.456 e. The van der Waals surface area contributed by atoms with E-state index >= 15 is 0 Å². The van der Waals surface area contributed by atoms with Crippen molar-refractivity contribution < 1.29 is 8.83 Å². The molecule has 0 radical (unpaired) electrons. The van der Waals surface area contributed by atoms with Crippen molar-refractivity contribution in [2.75, 3.05) is 0 Å². The van der Waals surface area contributed by atoms with Crippen molar-refractivity contribution >= 4 is 87.5 Å². The zero-order valence-corrected chi connectivity index (χ0v) is 54.4. The Bertz CT molecular complexity index is 6660. The Labute approximate surface area is 577 Å². The van der Waals surface area contributed by atoms with Gasteiger partial charge in [0.1, 0.15) is 16.7 Å². The van der Waals surface area contributed by atoms with Gasteiger partial charge in [-0.15, -0.1) is 0 Å². The first-order valence-corrected chi connectivity index (χ1v) is 34.3. The van der Waals surface area contributed by atoms with E-state index in [1.807, 2.05) is 0 Å². The summed E-state index contributed by atoms with van der Waals surface area (Å²) in [6.45, 7) is 0. The van der Waals surface area contributed by atoms with E-state index in [1.54, 1.807) is 0 Å². The highest BCUT2D eigenvalue weighted by atomic mass is 16.3. The Hall–Kier alpha value is -13.3. The zero-order chi connectivity index (χ0) is 65.8. The molecule has 0 fully saturated rings. The lowest BCUT2D eigenvalue weighted by atomic mass is 9.92. The Balaban J connectivity index is 0.609. The maximum absolute atomic E-state index is 6.92. The normalized spacial score (nSPS) is 11.8. The first-order chi connectivity index (χ1) is 49.5. The third-order valence-corrected chi connectivity index (χ3v) is 20.5. The van der Waals surface area contributed by atoms with Gasteiger partial charge in [0.2, 0.25) is 0 Å². The Morgan fingerprint density at radius 1 is 0.170 bits per heavy atom. The maximum Gasteiger partial charge on any atom is 0.159 e. The molecule has 0 spiro atoms. The predicted molar refractivity (Wildman–Crippen MR) is 419 cm³/mol. The fourth-order valence-electron chi connectivity index (χ4n) is 15.7. The van der Waals surface area contributed by atoms with Crippen LogP contribution in [0.1, 0.15) is 0 Å². The van der Waals surface area contributed by atoms with Gasteiger partial charge in [-0.3, -0.25) is 0 Å². The SMILES string of the molecule is c1ccc(-c2cccc(-c3cccc(-c4ccc5oc6cc(-n7c8ccccc8c8cc(-c9ccccc9-c9cccc(-c%10ccc%11c(c%10)c%10ccccc%10n%11-c%10cccc%11c%10oc%10ccc(-c%12cccc(-c%13cccc(-c%14ccccc%14)c%13)c%12)cc%10%11)c9)ccc87)ccc6c5c4)c3)c2)cc1. The number of furan rings is 2. The van der Waals surface area contributed by atoms with E-state index in [2.05, 4.69) is 373 Å². The molecule has 0 N–H and O–H groups in total. The van der Waals surface area contributed by atoms with Gasteiger partial charge in [0.15, 0.2) is 5.58 Å². The minimum Gasteiger partial charge on any atom is -0.456 e. The summed E-state index contributed by atoms with van der Waals surface area (Å²) in [5.74, 6) is 0. The number of rotatable bonds is 11. The highest BCUT2D eigenvalue weighted by Gasteiger charge is 2.22. The number of hydrogen-bond donors (Lipinski definition) is 0. The third kappa shape index (κ3) is 9.60. The van der Waals surface area contributed by atoms with Crippen LogP contribution in [0.15, 0.2) is 373 Å². The van der Waals surface area contributed by atoms with Gasteiger partial charge in [-0.25, -0.2) is 0 Å². The maximum atomic E-state index is 6.92. The van der Waals surface area contributed by atoms with Gasteiger partial charge in [0.25, 0.3) is 0 Å². The fourth-order valence-corrected chi connectivity index (χ4v) is 15.7. The number of para-hydroxylation sites is 3. The molecule has 4 heterocycles. The van der Waals surface area contributed by atoms with Gasteiger partial charge in [-0.05, 0) is 209 Å². The molecule has 4 nitrogen and oxygen atoms in total. The first kappa shape index (κ1) is 57.0. The number of nitrogens with zero attached hydrogens (tertiary/aromatic N) is 2. The second-order valence-corrected chi connectivity index (χ2v) is 26.3. The van der Waals surface area contributed by atoms with Crippen molar-refractivity contribution in [3.8, 4) is 112 Å². The van der Waals surface area contributed by atoms with E-state index in [-0.39, 0.29) is 0 Å². The molecule has 0 saturated heterocycles. The summed E-state index contributed by atoms with van der Waals surface area (Å²) in [5, 5.41) is 9.12. The van der Waals surface area contributed by atoms with Crippen LogP contribution in [0.25, 0.3) is 199 Å². The van der Waals surface area contributed by atoms with Crippen molar-refractivity contribution in [1.29, 1.82) is 0 Å². The average molecular weight is 1270 g/mol. The number of fused-ring (bicyclic) bond motifs is 12. The smallest absolute Gasteiger partial charge is 0.159 e. The van der Waals surface area contributed by atoms with E-state index in [4.69, 9.17) is 8.83 Å². The molecule has 20 aromatic rings. The molecule has 0 aliphatic rings. The number of benzene rings is 16. The number of aromatic nitrogens is 2. The van der Waals surface area contributed by atoms with Crippen LogP contribution in [0.2, 0.25) is 0 Å². The molecule has 0 unspecified atom stereocenters. The van der Waals surface area contributed by atoms with Crippen LogP contribution in [0.4, 0.5) is 0 Å². The lowest BCUT2D eigenvalue weighted by molar-refractivity contribution is 0.666. The molecule has 0 atom stereocenters. The van der Waals surface area contributed by atoms with Gasteiger partial charge in [0, 0.05) is 54.8 Å². The molecule has 100 heavy (non-hydrogen) atoms. The minimum absolute atomic E-state index is 0.855. The lowest BCUT2D eigenvalue weighted by Gasteiger charge is -2.13. The summed E-state index contributed by atoms with van der Waals surface area (Å²) >= 11 is 0. The minimum atomic E-state index is 0.855. The quantitative estimate of drug-likeness (QED) is 0.129. The fraction of sp³-hybridized carbons (Fsp3) is 0. The standard InChI is InChI=1S/C96H60N2O2/c1-3-19-61(20-4-1)63-23-13-25-65(51-63)67-27-15-29-69(53-67)73-43-49-93-86(57-73)82-46-45-77(60-95(82)99-93)97-88-38-11-9-35-80(88)85-59-76(42-48-90(85)97)79-34-8-7-33-78(79)75-32-17-31-71(55-75)72-41-47-91-84(56-72)81-36-10-12-39-89(81)98(91)92-40-18-37-83-87-58-74(44-50-94(87)100-96(83)92)70-30-16-28-68(54-70)66-26-14-24-64(52-66)62-21-5-2-6-22-62/h1-60H. The predicted octanol–water partition coefficient (Wildman–Crippen LogP) is 26.7. The molecule has 0 aliphatic carbocycles. The molecular weight excluding hydrogens is 1210 g/mol. The van der Waals surface area contributed by atoms with E-state index in [1.165, 1.54) is 77.2 Å². The summed E-state index contributed by atoms with van der Waals surface area (Å²) in [7, 11) is 0. The first-order valence-electron chi connectivity index (χ1n) is 34.3. The van der Waals surface area contributed by atoms with Crippen LogP contribution in [-0.4, -0.2) is 9.13 Å². The van der Waals surface area contributed by atoms with Crippen LogP contribution in [-0.2, 0) is 0 Å².